The van der Waals surface area contributed by atoms with Crippen LogP contribution in [0.5, 0.6) is 0 Å². The van der Waals surface area contributed by atoms with Gasteiger partial charge in [0, 0.05) is 45.2 Å². The number of amides is 2. The average molecular weight is 390 g/mol. The van der Waals surface area contributed by atoms with Gasteiger partial charge in [-0.1, -0.05) is 34.6 Å². The van der Waals surface area contributed by atoms with Crippen LogP contribution in [-0.2, 0) is 4.79 Å². The Hall–Kier alpha value is -2.18. The topological polar surface area (TPSA) is 69.6 Å². The van der Waals surface area contributed by atoms with E-state index >= 15 is 0 Å². The molecule has 2 heterocycles. The third-order valence-corrected chi connectivity index (χ3v) is 5.60. The summed E-state index contributed by atoms with van der Waals surface area (Å²) in [7, 11) is 1.80. The second-order valence-electron chi connectivity index (χ2n) is 8.69. The first kappa shape index (κ1) is 22.1. The molecule has 0 aliphatic carbocycles. The van der Waals surface area contributed by atoms with E-state index in [1.807, 2.05) is 25.7 Å². The summed E-state index contributed by atoms with van der Waals surface area (Å²) in [5.41, 5.74) is 0.0551. The first-order valence-corrected chi connectivity index (χ1v) is 10.3. The number of aromatic nitrogens is 2. The van der Waals surface area contributed by atoms with Crippen LogP contribution in [0.2, 0.25) is 0 Å². The van der Waals surface area contributed by atoms with Crippen molar-refractivity contribution in [2.24, 2.45) is 11.3 Å². The fourth-order valence-corrected chi connectivity index (χ4v) is 3.06. The number of piperazine rings is 1. The van der Waals surface area contributed by atoms with E-state index in [4.69, 9.17) is 0 Å². The Labute approximate surface area is 169 Å². The molecule has 0 N–H and O–H groups in total. The largest absolute Gasteiger partial charge is 0.352 e. The molecule has 7 nitrogen and oxygen atoms in total. The summed E-state index contributed by atoms with van der Waals surface area (Å²) in [6.07, 6.45) is 5.02. The molecule has 0 aromatic carbocycles. The summed E-state index contributed by atoms with van der Waals surface area (Å²) in [6.45, 7) is 13.9. The van der Waals surface area contributed by atoms with Crippen molar-refractivity contribution in [1.82, 2.24) is 19.8 Å². The van der Waals surface area contributed by atoms with Crippen LogP contribution in [0.25, 0.3) is 0 Å². The van der Waals surface area contributed by atoms with Crippen LogP contribution in [0.1, 0.15) is 57.9 Å². The number of anilines is 1. The summed E-state index contributed by atoms with van der Waals surface area (Å²) in [4.78, 5) is 39.6. The van der Waals surface area contributed by atoms with Gasteiger partial charge >= 0.3 is 0 Å². The Balaban J connectivity index is 1.92. The van der Waals surface area contributed by atoms with Crippen molar-refractivity contribution < 1.29 is 9.59 Å². The lowest BCUT2D eigenvalue weighted by atomic mass is 9.88. The molecule has 28 heavy (non-hydrogen) atoms. The van der Waals surface area contributed by atoms with E-state index in [-0.39, 0.29) is 17.2 Å². The number of hydrogen-bond acceptors (Lipinski definition) is 5. The first-order valence-electron chi connectivity index (χ1n) is 10.3. The van der Waals surface area contributed by atoms with Gasteiger partial charge in [-0.05, 0) is 18.8 Å². The van der Waals surface area contributed by atoms with Crippen LogP contribution in [0.15, 0.2) is 12.4 Å². The minimum Gasteiger partial charge on any atom is -0.352 e. The Morgan fingerprint density at radius 3 is 2.29 bits per heavy atom. The van der Waals surface area contributed by atoms with E-state index in [0.29, 0.717) is 31.2 Å². The Morgan fingerprint density at radius 1 is 1.14 bits per heavy atom. The molecule has 0 unspecified atom stereocenters. The Bertz CT molecular complexity index is 664. The van der Waals surface area contributed by atoms with Crippen molar-refractivity contribution in [3.63, 3.8) is 0 Å². The van der Waals surface area contributed by atoms with Gasteiger partial charge in [-0.25, -0.2) is 9.97 Å². The zero-order valence-corrected chi connectivity index (χ0v) is 18.2. The van der Waals surface area contributed by atoms with Crippen LogP contribution >= 0.6 is 0 Å². The summed E-state index contributed by atoms with van der Waals surface area (Å²) in [5, 5.41) is 0. The lowest BCUT2D eigenvalue weighted by molar-refractivity contribution is -0.140. The minimum absolute atomic E-state index is 0.100. The third-order valence-electron chi connectivity index (χ3n) is 5.60. The van der Waals surface area contributed by atoms with Gasteiger partial charge < -0.3 is 14.7 Å². The second kappa shape index (κ2) is 9.34. The van der Waals surface area contributed by atoms with E-state index in [1.54, 1.807) is 24.3 Å². The number of hydrogen-bond donors (Lipinski definition) is 0. The van der Waals surface area contributed by atoms with E-state index in [2.05, 4.69) is 28.7 Å². The lowest BCUT2D eigenvalue weighted by Crippen LogP contribution is -2.52. The standard InChI is InChI=1S/C21H35N5O2/c1-7-21(4,5)20(28)26-12-10-25(11-13-26)18-15-22-17(14-23-18)19(27)24(6)9-8-16(2)3/h14-16H,7-13H2,1-6H3. The number of carbonyl (C=O) groups excluding carboxylic acids is 2. The molecule has 1 saturated heterocycles. The van der Waals surface area contributed by atoms with E-state index < -0.39 is 0 Å². The summed E-state index contributed by atoms with van der Waals surface area (Å²) in [6, 6.07) is 0. The van der Waals surface area contributed by atoms with Gasteiger partial charge in [-0.3, -0.25) is 9.59 Å². The lowest BCUT2D eigenvalue weighted by Gasteiger charge is -2.38. The summed E-state index contributed by atoms with van der Waals surface area (Å²) >= 11 is 0. The molecule has 2 amide bonds. The van der Waals surface area contributed by atoms with Crippen molar-refractivity contribution in [3.8, 4) is 0 Å². The maximum Gasteiger partial charge on any atom is 0.273 e. The molecule has 156 valence electrons. The van der Waals surface area contributed by atoms with Crippen molar-refractivity contribution in [3.05, 3.63) is 18.1 Å². The minimum atomic E-state index is -0.314. The quantitative estimate of drug-likeness (QED) is 0.717. The maximum absolute atomic E-state index is 12.6. The molecule has 1 aromatic heterocycles. The Morgan fingerprint density at radius 2 is 1.79 bits per heavy atom. The maximum atomic E-state index is 12.6. The highest BCUT2D eigenvalue weighted by molar-refractivity contribution is 5.91. The molecule has 0 radical (unpaired) electrons. The molecule has 1 aliphatic rings. The van der Waals surface area contributed by atoms with E-state index in [1.165, 1.54) is 0 Å². The number of nitrogens with zero attached hydrogens (tertiary/aromatic N) is 5. The molecule has 0 spiro atoms. The molecule has 0 atom stereocenters. The van der Waals surface area contributed by atoms with Gasteiger partial charge in [0.15, 0.2) is 0 Å². The molecule has 7 heteroatoms. The first-order chi connectivity index (χ1) is 13.2. The molecule has 1 aliphatic heterocycles. The van der Waals surface area contributed by atoms with Crippen LogP contribution in [-0.4, -0.2) is 71.4 Å². The van der Waals surface area contributed by atoms with Crippen LogP contribution < -0.4 is 4.90 Å². The van der Waals surface area contributed by atoms with E-state index in [0.717, 1.165) is 31.7 Å². The highest BCUT2D eigenvalue weighted by Gasteiger charge is 2.32. The zero-order valence-electron chi connectivity index (χ0n) is 18.2. The van der Waals surface area contributed by atoms with Crippen molar-refractivity contribution in [2.75, 3.05) is 44.7 Å². The monoisotopic (exact) mass is 389 g/mol. The van der Waals surface area contributed by atoms with Gasteiger partial charge in [-0.2, -0.15) is 0 Å². The van der Waals surface area contributed by atoms with E-state index in [9.17, 15) is 9.59 Å². The molecule has 2 rings (SSSR count). The normalized spacial score (nSPS) is 15.1. The SMILES string of the molecule is CCC(C)(C)C(=O)N1CCN(c2cnc(C(=O)N(C)CCC(C)C)cn2)CC1. The predicted molar refractivity (Wildman–Crippen MR) is 111 cm³/mol. The second-order valence-corrected chi connectivity index (χ2v) is 8.69. The fourth-order valence-electron chi connectivity index (χ4n) is 3.06. The number of rotatable bonds is 7. The molecule has 1 aromatic rings. The third kappa shape index (κ3) is 5.42. The predicted octanol–water partition coefficient (Wildman–Crippen LogP) is 2.68. The van der Waals surface area contributed by atoms with Gasteiger partial charge in [-0.15, -0.1) is 0 Å². The molecule has 1 fully saturated rings. The van der Waals surface area contributed by atoms with Gasteiger partial charge in [0.05, 0.1) is 12.4 Å². The smallest absolute Gasteiger partial charge is 0.273 e. The summed E-state index contributed by atoms with van der Waals surface area (Å²) in [5.74, 6) is 1.42. The highest BCUT2D eigenvalue weighted by Crippen LogP contribution is 2.24. The highest BCUT2D eigenvalue weighted by atomic mass is 16.2. The van der Waals surface area contributed by atoms with Crippen molar-refractivity contribution >= 4 is 17.6 Å². The van der Waals surface area contributed by atoms with Crippen molar-refractivity contribution in [2.45, 2.75) is 47.5 Å². The zero-order chi connectivity index (χ0) is 20.9. The van der Waals surface area contributed by atoms with Crippen LogP contribution in [0.3, 0.4) is 0 Å². The van der Waals surface area contributed by atoms with Crippen molar-refractivity contribution in [1.29, 1.82) is 0 Å². The number of carbonyl (C=O) groups is 2. The van der Waals surface area contributed by atoms with Gasteiger partial charge in [0.2, 0.25) is 5.91 Å². The molecule has 0 saturated carbocycles. The van der Waals surface area contributed by atoms with Gasteiger partial charge in [0.1, 0.15) is 11.5 Å². The molecule has 0 bridgehead atoms. The summed E-state index contributed by atoms with van der Waals surface area (Å²) < 4.78 is 0. The molecular weight excluding hydrogens is 354 g/mol. The fraction of sp³-hybridized carbons (Fsp3) is 0.714. The van der Waals surface area contributed by atoms with Crippen LogP contribution in [0, 0.1) is 11.3 Å². The van der Waals surface area contributed by atoms with Gasteiger partial charge in [0.25, 0.3) is 5.91 Å². The Kier molecular flexibility index (Phi) is 7.38. The van der Waals surface area contributed by atoms with Crippen LogP contribution in [0.4, 0.5) is 5.82 Å². The molecular formula is C21H35N5O2. The average Bonchev–Trinajstić information content (AvgIpc) is 2.71.